The first-order valence-electron chi connectivity index (χ1n) is 9.94. The number of ether oxygens (including phenoxy) is 1. The smallest absolute Gasteiger partial charge is 0.165 e. The number of nitrogens with zero attached hydrogens (tertiary/aromatic N) is 4. The Bertz CT molecular complexity index is 1070. The summed E-state index contributed by atoms with van der Waals surface area (Å²) in [6.45, 7) is 6.33. The number of halogens is 1. The summed E-state index contributed by atoms with van der Waals surface area (Å²) in [5.74, 6) is 2.51. The van der Waals surface area contributed by atoms with Crippen LogP contribution in [0, 0.1) is 6.92 Å². The van der Waals surface area contributed by atoms with E-state index in [2.05, 4.69) is 34.7 Å². The molecule has 0 bridgehead atoms. The predicted octanol–water partition coefficient (Wildman–Crippen LogP) is 5.49. The molecule has 2 aromatic carbocycles. The van der Waals surface area contributed by atoms with E-state index in [9.17, 15) is 0 Å². The Hall–Kier alpha value is -2.66. The lowest BCUT2D eigenvalue weighted by molar-refractivity contribution is 0.407. The van der Waals surface area contributed by atoms with Crippen molar-refractivity contribution in [3.8, 4) is 11.4 Å². The van der Waals surface area contributed by atoms with Crippen molar-refractivity contribution in [1.82, 2.24) is 14.8 Å². The van der Waals surface area contributed by atoms with E-state index in [0.29, 0.717) is 5.02 Å². The van der Waals surface area contributed by atoms with Gasteiger partial charge in [0, 0.05) is 16.1 Å². The molecule has 0 fully saturated rings. The highest BCUT2D eigenvalue weighted by Crippen LogP contribution is 2.38. The molecule has 0 aliphatic carbocycles. The molecular formula is C23H25ClN4O. The average Bonchev–Trinajstić information content (AvgIpc) is 3.08. The SMILES string of the molecule is CCCCC1(C)N=C(c2ccc(Cl)cc2)c2cc(OC)ccc2-n2c(C)nnc21. The third-order valence-electron chi connectivity index (χ3n) is 5.50. The molecule has 1 aliphatic heterocycles. The molecule has 1 aliphatic rings. The van der Waals surface area contributed by atoms with Gasteiger partial charge >= 0.3 is 0 Å². The van der Waals surface area contributed by atoms with Crippen molar-refractivity contribution in [2.45, 2.75) is 45.6 Å². The fraction of sp³-hybridized carbons (Fsp3) is 0.348. The van der Waals surface area contributed by atoms with Gasteiger partial charge in [-0.25, -0.2) is 0 Å². The number of hydrogen-bond donors (Lipinski definition) is 0. The Kier molecular flexibility index (Phi) is 5.17. The molecule has 5 nitrogen and oxygen atoms in total. The van der Waals surface area contributed by atoms with E-state index in [-0.39, 0.29) is 0 Å². The second-order valence-corrected chi connectivity index (χ2v) is 8.07. The molecule has 0 radical (unpaired) electrons. The van der Waals surface area contributed by atoms with Crippen LogP contribution >= 0.6 is 11.6 Å². The van der Waals surface area contributed by atoms with E-state index < -0.39 is 5.54 Å². The fourth-order valence-corrected chi connectivity index (χ4v) is 4.03. The second-order valence-electron chi connectivity index (χ2n) is 7.63. The summed E-state index contributed by atoms with van der Waals surface area (Å²) in [5, 5.41) is 9.65. The molecule has 29 heavy (non-hydrogen) atoms. The zero-order valence-electron chi connectivity index (χ0n) is 17.2. The van der Waals surface area contributed by atoms with Crippen molar-refractivity contribution in [2.75, 3.05) is 7.11 Å². The van der Waals surface area contributed by atoms with Gasteiger partial charge in [-0.05, 0) is 50.6 Å². The molecule has 0 saturated carbocycles. The lowest BCUT2D eigenvalue weighted by Crippen LogP contribution is -2.24. The van der Waals surface area contributed by atoms with Crippen LogP contribution in [0.3, 0.4) is 0 Å². The molecule has 4 rings (SSSR count). The van der Waals surface area contributed by atoms with Gasteiger partial charge in [0.25, 0.3) is 0 Å². The minimum Gasteiger partial charge on any atom is -0.497 e. The van der Waals surface area contributed by atoms with E-state index in [1.54, 1.807) is 7.11 Å². The summed E-state index contributed by atoms with van der Waals surface area (Å²) in [7, 11) is 1.68. The first-order valence-corrected chi connectivity index (χ1v) is 10.3. The number of methoxy groups -OCH3 is 1. The number of rotatable bonds is 5. The molecular weight excluding hydrogens is 384 g/mol. The van der Waals surface area contributed by atoms with Crippen LogP contribution < -0.4 is 4.74 Å². The van der Waals surface area contributed by atoms with Gasteiger partial charge in [-0.15, -0.1) is 10.2 Å². The van der Waals surface area contributed by atoms with Gasteiger partial charge in [0.15, 0.2) is 5.82 Å². The van der Waals surface area contributed by atoms with E-state index in [1.807, 2.05) is 43.3 Å². The van der Waals surface area contributed by atoms with Crippen molar-refractivity contribution in [3.63, 3.8) is 0 Å². The summed E-state index contributed by atoms with van der Waals surface area (Å²) < 4.78 is 7.66. The second kappa shape index (κ2) is 7.64. The minimum absolute atomic E-state index is 0.488. The number of aryl methyl sites for hydroxylation is 1. The number of aliphatic imine (C=N–C) groups is 1. The maximum atomic E-state index is 6.15. The zero-order chi connectivity index (χ0) is 20.6. The van der Waals surface area contributed by atoms with Crippen molar-refractivity contribution < 1.29 is 4.74 Å². The summed E-state index contributed by atoms with van der Waals surface area (Å²) in [4.78, 5) is 5.31. The molecule has 0 spiro atoms. The van der Waals surface area contributed by atoms with Crippen molar-refractivity contribution in [3.05, 3.63) is 70.3 Å². The van der Waals surface area contributed by atoms with Gasteiger partial charge < -0.3 is 4.74 Å². The van der Waals surface area contributed by atoms with Crippen LogP contribution in [0.25, 0.3) is 5.69 Å². The summed E-state index contributed by atoms with van der Waals surface area (Å²) in [6, 6.07) is 13.9. The molecule has 3 aromatic rings. The minimum atomic E-state index is -0.488. The Morgan fingerprint density at radius 2 is 1.86 bits per heavy atom. The first-order chi connectivity index (χ1) is 14.0. The topological polar surface area (TPSA) is 52.3 Å². The van der Waals surface area contributed by atoms with Crippen LogP contribution in [-0.4, -0.2) is 27.6 Å². The number of aromatic nitrogens is 3. The molecule has 6 heteroatoms. The van der Waals surface area contributed by atoms with Crippen molar-refractivity contribution in [1.29, 1.82) is 0 Å². The zero-order valence-corrected chi connectivity index (χ0v) is 18.0. The highest BCUT2D eigenvalue weighted by Gasteiger charge is 2.37. The Morgan fingerprint density at radius 1 is 1.10 bits per heavy atom. The van der Waals surface area contributed by atoms with Crippen LogP contribution in [0.2, 0.25) is 5.02 Å². The van der Waals surface area contributed by atoms with Crippen LogP contribution in [0.4, 0.5) is 0 Å². The number of benzene rings is 2. The molecule has 0 N–H and O–H groups in total. The number of hydrogen-bond acceptors (Lipinski definition) is 4. The molecule has 0 saturated heterocycles. The van der Waals surface area contributed by atoms with Gasteiger partial charge in [0.1, 0.15) is 17.1 Å². The Morgan fingerprint density at radius 3 is 2.55 bits per heavy atom. The standard InChI is InChI=1S/C23H25ClN4O/c1-5-6-13-23(3)22-27-26-15(2)28(22)20-12-11-18(29-4)14-19(20)21(25-23)16-7-9-17(24)10-8-16/h7-12,14H,5-6,13H2,1-4H3. The average molecular weight is 409 g/mol. The van der Waals surface area contributed by atoms with E-state index in [0.717, 1.165) is 59.2 Å². The summed E-state index contributed by atoms with van der Waals surface area (Å²) in [5.41, 5.74) is 3.45. The summed E-state index contributed by atoms with van der Waals surface area (Å²) in [6.07, 6.45) is 3.04. The monoisotopic (exact) mass is 408 g/mol. The van der Waals surface area contributed by atoms with Crippen molar-refractivity contribution >= 4 is 17.3 Å². The van der Waals surface area contributed by atoms with Crippen molar-refractivity contribution in [2.24, 2.45) is 4.99 Å². The third kappa shape index (κ3) is 3.44. The maximum Gasteiger partial charge on any atom is 0.165 e. The van der Waals surface area contributed by atoms with Gasteiger partial charge in [0.2, 0.25) is 0 Å². The normalized spacial score (nSPS) is 17.9. The highest BCUT2D eigenvalue weighted by molar-refractivity contribution is 6.30. The molecule has 1 aromatic heterocycles. The van der Waals surface area contributed by atoms with E-state index in [1.165, 1.54) is 0 Å². The van der Waals surface area contributed by atoms with Gasteiger partial charge in [0.05, 0.1) is 18.5 Å². The van der Waals surface area contributed by atoms with Crippen LogP contribution in [0.15, 0.2) is 47.5 Å². The summed E-state index contributed by atoms with van der Waals surface area (Å²) >= 11 is 6.15. The fourth-order valence-electron chi connectivity index (χ4n) is 3.90. The first kappa shape index (κ1) is 19.6. The molecule has 1 unspecified atom stereocenters. The molecule has 150 valence electrons. The van der Waals surface area contributed by atoms with E-state index in [4.69, 9.17) is 21.3 Å². The predicted molar refractivity (Wildman–Crippen MR) is 117 cm³/mol. The van der Waals surface area contributed by atoms with Crippen LogP contribution in [-0.2, 0) is 5.54 Å². The maximum absolute atomic E-state index is 6.15. The van der Waals surface area contributed by atoms with Gasteiger partial charge in [-0.2, -0.15) is 0 Å². The number of unbranched alkanes of at least 4 members (excludes halogenated alkanes) is 1. The number of fused-ring (bicyclic) bond motifs is 3. The largest absolute Gasteiger partial charge is 0.497 e. The van der Waals surface area contributed by atoms with E-state index >= 15 is 0 Å². The molecule has 2 heterocycles. The molecule has 0 amide bonds. The van der Waals surface area contributed by atoms with Gasteiger partial charge in [-0.3, -0.25) is 9.56 Å². The highest BCUT2D eigenvalue weighted by atomic mass is 35.5. The van der Waals surface area contributed by atoms with Crippen LogP contribution in [0.1, 0.15) is 55.9 Å². The Balaban J connectivity index is 2.04. The third-order valence-corrected chi connectivity index (χ3v) is 5.75. The quantitative estimate of drug-likeness (QED) is 0.560. The van der Waals surface area contributed by atoms with Gasteiger partial charge in [-0.1, -0.05) is 43.5 Å². The Labute approximate surface area is 176 Å². The lowest BCUT2D eigenvalue weighted by Gasteiger charge is -2.24. The molecule has 1 atom stereocenters. The lowest BCUT2D eigenvalue weighted by atomic mass is 9.93. The van der Waals surface area contributed by atoms with Crippen LogP contribution in [0.5, 0.6) is 5.75 Å².